The van der Waals surface area contributed by atoms with Crippen molar-refractivity contribution in [3.63, 3.8) is 0 Å². The molecule has 0 spiro atoms. The second-order valence-electron chi connectivity index (χ2n) is 6.40. The molecule has 0 atom stereocenters. The van der Waals surface area contributed by atoms with Gasteiger partial charge < -0.3 is 8.92 Å². The third kappa shape index (κ3) is 5.56. The fraction of sp³-hybridized carbons (Fsp3) is 0.150. The van der Waals surface area contributed by atoms with Crippen molar-refractivity contribution in [2.75, 3.05) is 13.2 Å². The van der Waals surface area contributed by atoms with Gasteiger partial charge in [0.15, 0.2) is 0 Å². The normalized spacial score (nSPS) is 15.1. The van der Waals surface area contributed by atoms with Gasteiger partial charge in [-0.15, -0.1) is 0 Å². The van der Waals surface area contributed by atoms with Crippen molar-refractivity contribution in [3.8, 4) is 5.75 Å². The molecule has 0 N–H and O–H groups in total. The van der Waals surface area contributed by atoms with Crippen molar-refractivity contribution in [3.05, 3.63) is 69.1 Å². The summed E-state index contributed by atoms with van der Waals surface area (Å²) in [4.78, 5) is 46.8. The van der Waals surface area contributed by atoms with Crippen molar-refractivity contribution in [1.29, 1.82) is 0 Å². The first-order valence-corrected chi connectivity index (χ1v) is 11.5. The van der Waals surface area contributed by atoms with Crippen LogP contribution < -0.4 is 4.18 Å². The van der Waals surface area contributed by atoms with Gasteiger partial charge in [0.2, 0.25) is 0 Å². The Bertz CT molecular complexity index is 1250. The van der Waals surface area contributed by atoms with Crippen LogP contribution in [0.2, 0.25) is 0 Å². The number of thioether (sulfide) groups is 1. The topological polar surface area (TPSA) is 150 Å². The molecule has 11 nitrogen and oxygen atoms in total. The van der Waals surface area contributed by atoms with Crippen LogP contribution in [0.4, 0.5) is 10.5 Å². The molecule has 0 unspecified atom stereocenters. The number of ether oxygens (including phenoxy) is 1. The van der Waals surface area contributed by atoms with Crippen LogP contribution in [-0.2, 0) is 24.4 Å². The molecule has 2 amide bonds. The predicted molar refractivity (Wildman–Crippen MR) is 117 cm³/mol. The molecular weight excluding hydrogens is 476 g/mol. The van der Waals surface area contributed by atoms with E-state index < -0.39 is 38.7 Å². The molecule has 1 heterocycles. The number of imide groups is 1. The van der Waals surface area contributed by atoms with Crippen molar-refractivity contribution in [2.45, 2.75) is 11.8 Å². The number of benzene rings is 2. The van der Waals surface area contributed by atoms with E-state index in [2.05, 4.69) is 0 Å². The first kappa shape index (κ1) is 23.9. The van der Waals surface area contributed by atoms with E-state index in [9.17, 15) is 32.9 Å². The summed E-state index contributed by atoms with van der Waals surface area (Å²) < 4.78 is 35.2. The standard InChI is InChI=1S/C20H16N2O9S2/c1-2-30-18(23)12-21-19(24)17(32-20(21)25)11-13-5-3-4-6-16(13)31-33(28,29)15-9-7-14(8-10-15)22(26)27/h3-11H,2,12H2,1H3/b17-11-. The van der Waals surface area contributed by atoms with Gasteiger partial charge in [0, 0.05) is 17.7 Å². The lowest BCUT2D eigenvalue weighted by atomic mass is 10.2. The Hall–Kier alpha value is -3.71. The average Bonchev–Trinajstić information content (AvgIpc) is 3.02. The van der Waals surface area contributed by atoms with E-state index in [1.807, 2.05) is 0 Å². The Morgan fingerprint density at radius 3 is 2.45 bits per heavy atom. The summed E-state index contributed by atoms with van der Waals surface area (Å²) in [5.74, 6) is -1.60. The summed E-state index contributed by atoms with van der Waals surface area (Å²) in [5.41, 5.74) is -0.0995. The Balaban J connectivity index is 1.85. The molecule has 0 bridgehead atoms. The van der Waals surface area contributed by atoms with E-state index in [0.717, 1.165) is 29.2 Å². The molecule has 1 fully saturated rings. The zero-order valence-corrected chi connectivity index (χ0v) is 18.6. The lowest BCUT2D eigenvalue weighted by Gasteiger charge is -2.11. The van der Waals surface area contributed by atoms with E-state index in [-0.39, 0.29) is 33.4 Å². The van der Waals surface area contributed by atoms with Gasteiger partial charge >= 0.3 is 16.1 Å². The number of carbonyl (C=O) groups is 3. The molecule has 2 aromatic carbocycles. The second-order valence-corrected chi connectivity index (χ2v) is 8.94. The number of esters is 1. The van der Waals surface area contributed by atoms with Gasteiger partial charge in [0.25, 0.3) is 16.8 Å². The highest BCUT2D eigenvalue weighted by Crippen LogP contribution is 2.34. The number of amides is 2. The zero-order chi connectivity index (χ0) is 24.2. The smallest absolute Gasteiger partial charge is 0.339 e. The maximum atomic E-state index is 12.6. The quantitative estimate of drug-likeness (QED) is 0.177. The minimum Gasteiger partial charge on any atom is -0.465 e. The van der Waals surface area contributed by atoms with Crippen LogP contribution in [0.15, 0.2) is 58.3 Å². The first-order chi connectivity index (χ1) is 15.6. The second kappa shape index (κ2) is 9.83. The molecule has 1 saturated heterocycles. The third-order valence-corrected chi connectivity index (χ3v) is 6.36. The number of rotatable bonds is 8. The largest absolute Gasteiger partial charge is 0.465 e. The highest BCUT2D eigenvalue weighted by atomic mass is 32.2. The van der Waals surface area contributed by atoms with Gasteiger partial charge in [-0.1, -0.05) is 18.2 Å². The lowest BCUT2D eigenvalue weighted by Crippen LogP contribution is -2.34. The monoisotopic (exact) mass is 492 g/mol. The number of hydrogen-bond donors (Lipinski definition) is 0. The molecule has 3 rings (SSSR count). The number of nitro groups is 1. The SMILES string of the molecule is CCOC(=O)CN1C(=O)S/C(=C\c2ccccc2OS(=O)(=O)c2ccc([N+](=O)[O-])cc2)C1=O. The molecule has 1 aliphatic heterocycles. The van der Waals surface area contributed by atoms with Gasteiger partial charge in [-0.2, -0.15) is 8.42 Å². The summed E-state index contributed by atoms with van der Waals surface area (Å²) in [7, 11) is -4.35. The van der Waals surface area contributed by atoms with Crippen molar-refractivity contribution >= 4 is 50.8 Å². The zero-order valence-electron chi connectivity index (χ0n) is 17.0. The van der Waals surface area contributed by atoms with E-state index in [1.165, 1.54) is 24.3 Å². The van der Waals surface area contributed by atoms with Crippen LogP contribution in [0.5, 0.6) is 5.75 Å². The maximum absolute atomic E-state index is 12.6. The van der Waals surface area contributed by atoms with Crippen molar-refractivity contribution in [2.24, 2.45) is 0 Å². The number of para-hydroxylation sites is 1. The summed E-state index contributed by atoms with van der Waals surface area (Å²) in [6, 6.07) is 10.0. The Labute approximate surface area is 192 Å². The molecule has 0 aromatic heterocycles. The number of non-ortho nitro benzene ring substituents is 1. The van der Waals surface area contributed by atoms with Crippen LogP contribution in [0, 0.1) is 10.1 Å². The number of hydrogen-bond acceptors (Lipinski definition) is 10. The van der Waals surface area contributed by atoms with Crippen LogP contribution >= 0.6 is 11.8 Å². The molecule has 172 valence electrons. The summed E-state index contributed by atoms with van der Waals surface area (Å²) >= 11 is 0.586. The fourth-order valence-electron chi connectivity index (χ4n) is 2.69. The number of carbonyl (C=O) groups excluding carboxylic acids is 3. The lowest BCUT2D eigenvalue weighted by molar-refractivity contribution is -0.384. The van der Waals surface area contributed by atoms with Crippen molar-refractivity contribution < 1.29 is 36.6 Å². The van der Waals surface area contributed by atoms with E-state index in [1.54, 1.807) is 13.0 Å². The molecule has 0 aliphatic carbocycles. The number of nitro benzene ring substituents is 1. The first-order valence-electron chi connectivity index (χ1n) is 9.31. The minimum absolute atomic E-state index is 0.0342. The Kier molecular flexibility index (Phi) is 7.13. The van der Waals surface area contributed by atoms with Gasteiger partial charge in [0.1, 0.15) is 17.2 Å². The van der Waals surface area contributed by atoms with Crippen LogP contribution in [0.3, 0.4) is 0 Å². The average molecular weight is 492 g/mol. The minimum atomic E-state index is -4.35. The highest BCUT2D eigenvalue weighted by Gasteiger charge is 2.37. The van der Waals surface area contributed by atoms with Gasteiger partial charge in [-0.25, -0.2) is 0 Å². The molecule has 0 radical (unpaired) electrons. The van der Waals surface area contributed by atoms with E-state index in [0.29, 0.717) is 11.8 Å². The highest BCUT2D eigenvalue weighted by molar-refractivity contribution is 8.18. The summed E-state index contributed by atoms with van der Waals surface area (Å²) in [6.07, 6.45) is 1.27. The van der Waals surface area contributed by atoms with Crippen LogP contribution in [0.1, 0.15) is 12.5 Å². The number of nitrogens with zero attached hydrogens (tertiary/aromatic N) is 2. The fourth-order valence-corrected chi connectivity index (χ4v) is 4.47. The molecule has 2 aromatic rings. The third-order valence-electron chi connectivity index (χ3n) is 4.21. The molecular formula is C20H16N2O9S2. The van der Waals surface area contributed by atoms with Crippen molar-refractivity contribution in [1.82, 2.24) is 4.90 Å². The van der Waals surface area contributed by atoms with Gasteiger partial charge in [0.05, 0.1) is 16.4 Å². The van der Waals surface area contributed by atoms with Crippen LogP contribution in [0.25, 0.3) is 6.08 Å². The van der Waals surface area contributed by atoms with E-state index in [4.69, 9.17) is 8.92 Å². The molecule has 13 heteroatoms. The Morgan fingerprint density at radius 2 is 1.82 bits per heavy atom. The van der Waals surface area contributed by atoms with Crippen LogP contribution in [-0.4, -0.2) is 48.5 Å². The molecule has 1 aliphatic rings. The Morgan fingerprint density at radius 1 is 1.15 bits per heavy atom. The van der Waals surface area contributed by atoms with E-state index >= 15 is 0 Å². The predicted octanol–water partition coefficient (Wildman–Crippen LogP) is 2.96. The summed E-state index contributed by atoms with van der Waals surface area (Å²) in [5, 5.41) is 10.1. The van der Waals surface area contributed by atoms with Gasteiger partial charge in [-0.05, 0) is 43.0 Å². The molecule has 0 saturated carbocycles. The molecule has 33 heavy (non-hydrogen) atoms. The summed E-state index contributed by atoms with van der Waals surface area (Å²) in [6.45, 7) is 1.15. The van der Waals surface area contributed by atoms with Gasteiger partial charge in [-0.3, -0.25) is 29.4 Å². The maximum Gasteiger partial charge on any atom is 0.339 e.